The summed E-state index contributed by atoms with van der Waals surface area (Å²) in [6.07, 6.45) is 11.7. The van der Waals surface area contributed by atoms with Crippen LogP contribution in [0.3, 0.4) is 0 Å². The smallest absolute Gasteiger partial charge is 0.0747 e. The van der Waals surface area contributed by atoms with Gasteiger partial charge >= 0.3 is 0 Å². The first kappa shape index (κ1) is 14.7. The lowest BCUT2D eigenvalue weighted by atomic mass is 10.0. The van der Waals surface area contributed by atoms with Crippen LogP contribution < -0.4 is 0 Å². The van der Waals surface area contributed by atoms with E-state index in [1.54, 1.807) is 0 Å². The summed E-state index contributed by atoms with van der Waals surface area (Å²) in [6, 6.07) is 0. The van der Waals surface area contributed by atoms with Crippen molar-refractivity contribution in [2.45, 2.75) is 78.2 Å². The first-order valence-electron chi connectivity index (χ1n) is 6.57. The third-order valence-corrected chi connectivity index (χ3v) is 2.88. The fourth-order valence-corrected chi connectivity index (χ4v) is 1.80. The van der Waals surface area contributed by atoms with E-state index in [1.807, 2.05) is 6.92 Å². The lowest BCUT2D eigenvalue weighted by molar-refractivity contribution is 0.195. The predicted molar refractivity (Wildman–Crippen MR) is 68.0 cm³/mol. The summed E-state index contributed by atoms with van der Waals surface area (Å²) < 4.78 is 0. The van der Waals surface area contributed by atoms with E-state index >= 15 is 0 Å². The Balaban J connectivity index is 3.38. The van der Waals surface area contributed by atoms with Gasteiger partial charge in [-0.25, -0.2) is 0 Å². The molecule has 0 aliphatic heterocycles. The number of unbranched alkanes of at least 4 members (excludes halogenated alkanes) is 5. The molecule has 0 fully saturated rings. The summed E-state index contributed by atoms with van der Waals surface area (Å²) in [5.41, 5.74) is 1.14. The molecule has 0 bridgehead atoms. The van der Waals surface area contributed by atoms with Gasteiger partial charge in [0.2, 0.25) is 0 Å². The molecule has 0 aromatic carbocycles. The largest absolute Gasteiger partial charge is 0.389 e. The number of rotatable bonds is 9. The van der Waals surface area contributed by atoms with Gasteiger partial charge in [0.25, 0.3) is 0 Å². The molecule has 0 spiro atoms. The zero-order valence-electron chi connectivity index (χ0n) is 10.8. The second-order valence-corrected chi connectivity index (χ2v) is 4.43. The van der Waals surface area contributed by atoms with Gasteiger partial charge in [-0.15, -0.1) is 0 Å². The third-order valence-electron chi connectivity index (χ3n) is 2.88. The van der Waals surface area contributed by atoms with Crippen molar-refractivity contribution < 1.29 is 5.11 Å². The second-order valence-electron chi connectivity index (χ2n) is 4.43. The second kappa shape index (κ2) is 10.2. The molecule has 1 N–H and O–H groups in total. The molecule has 0 saturated heterocycles. The molecular formula is C14H28O. The summed E-state index contributed by atoms with van der Waals surface area (Å²) in [4.78, 5) is 0. The molecule has 0 saturated carbocycles. The minimum atomic E-state index is -0.198. The third kappa shape index (κ3) is 8.68. The molecule has 15 heavy (non-hydrogen) atoms. The number of aliphatic hydroxyl groups excluding tert-OH is 1. The summed E-state index contributed by atoms with van der Waals surface area (Å²) in [6.45, 7) is 6.38. The Labute approximate surface area is 95.6 Å². The van der Waals surface area contributed by atoms with E-state index < -0.39 is 0 Å². The normalized spacial score (nSPS) is 14.3. The molecule has 90 valence electrons. The van der Waals surface area contributed by atoms with Gasteiger partial charge in [0.1, 0.15) is 0 Å². The zero-order valence-corrected chi connectivity index (χ0v) is 10.8. The van der Waals surface area contributed by atoms with Crippen LogP contribution in [0, 0.1) is 0 Å². The maximum Gasteiger partial charge on any atom is 0.0747 e. The molecule has 0 aliphatic carbocycles. The van der Waals surface area contributed by atoms with Crippen molar-refractivity contribution in [3.05, 3.63) is 11.6 Å². The van der Waals surface area contributed by atoms with Crippen LogP contribution in [0.25, 0.3) is 0 Å². The number of hydrogen-bond acceptors (Lipinski definition) is 1. The van der Waals surface area contributed by atoms with Crippen molar-refractivity contribution in [1.82, 2.24) is 0 Å². The van der Waals surface area contributed by atoms with Crippen LogP contribution in [-0.4, -0.2) is 11.2 Å². The zero-order chi connectivity index (χ0) is 11.5. The molecule has 0 heterocycles. The van der Waals surface area contributed by atoms with E-state index in [0.29, 0.717) is 0 Å². The van der Waals surface area contributed by atoms with Crippen LogP contribution in [0.5, 0.6) is 0 Å². The fourth-order valence-electron chi connectivity index (χ4n) is 1.80. The highest BCUT2D eigenvalue weighted by atomic mass is 16.3. The molecule has 0 aromatic heterocycles. The van der Waals surface area contributed by atoms with E-state index in [4.69, 9.17) is 0 Å². The molecule has 0 aliphatic rings. The Morgan fingerprint density at radius 3 is 2.27 bits per heavy atom. The van der Waals surface area contributed by atoms with E-state index in [-0.39, 0.29) is 6.10 Å². The van der Waals surface area contributed by atoms with E-state index in [9.17, 15) is 5.11 Å². The molecule has 0 rings (SSSR count). The summed E-state index contributed by atoms with van der Waals surface area (Å²) in [5.74, 6) is 0. The average Bonchev–Trinajstić information content (AvgIpc) is 2.23. The standard InChI is InChI=1S/C14H28O/c1-4-6-7-8-9-10-12-14(15)13(3)11-5-2/h11,14-15H,4-10,12H2,1-3H3/b13-11+. The van der Waals surface area contributed by atoms with Gasteiger partial charge in [-0.1, -0.05) is 58.4 Å². The monoisotopic (exact) mass is 212 g/mol. The topological polar surface area (TPSA) is 20.2 Å². The molecule has 0 amide bonds. The summed E-state index contributed by atoms with van der Waals surface area (Å²) >= 11 is 0. The Bertz CT molecular complexity index is 161. The van der Waals surface area contributed by atoms with Crippen LogP contribution in [0.15, 0.2) is 11.6 Å². The minimum Gasteiger partial charge on any atom is -0.389 e. The van der Waals surface area contributed by atoms with Crippen molar-refractivity contribution >= 4 is 0 Å². The van der Waals surface area contributed by atoms with E-state index in [0.717, 1.165) is 18.4 Å². The quantitative estimate of drug-likeness (QED) is 0.442. The highest BCUT2D eigenvalue weighted by Gasteiger charge is 2.04. The molecule has 1 unspecified atom stereocenters. The molecule has 1 nitrogen and oxygen atoms in total. The molecular weight excluding hydrogens is 184 g/mol. The van der Waals surface area contributed by atoms with Gasteiger partial charge in [-0.2, -0.15) is 0 Å². The summed E-state index contributed by atoms with van der Waals surface area (Å²) in [5, 5.41) is 9.78. The van der Waals surface area contributed by atoms with Crippen LogP contribution in [0.4, 0.5) is 0 Å². The molecule has 0 radical (unpaired) electrons. The maximum absolute atomic E-state index is 9.78. The highest BCUT2D eigenvalue weighted by Crippen LogP contribution is 2.13. The SMILES string of the molecule is CC/C=C(\C)C(O)CCCCCCCC. The van der Waals surface area contributed by atoms with Crippen LogP contribution >= 0.6 is 0 Å². The van der Waals surface area contributed by atoms with Crippen LogP contribution in [-0.2, 0) is 0 Å². The van der Waals surface area contributed by atoms with Crippen LogP contribution in [0.1, 0.15) is 72.1 Å². The van der Waals surface area contributed by atoms with Crippen molar-refractivity contribution in [3.63, 3.8) is 0 Å². The summed E-state index contributed by atoms with van der Waals surface area (Å²) in [7, 11) is 0. The highest BCUT2D eigenvalue weighted by molar-refractivity contribution is 5.03. The van der Waals surface area contributed by atoms with E-state index in [2.05, 4.69) is 19.9 Å². The number of aliphatic hydroxyl groups is 1. The Morgan fingerprint density at radius 2 is 1.67 bits per heavy atom. The predicted octanol–water partition coefficient (Wildman–Crippen LogP) is 4.45. The van der Waals surface area contributed by atoms with Gasteiger partial charge in [-0.05, 0) is 25.3 Å². The molecule has 0 aromatic rings. The Morgan fingerprint density at radius 1 is 1.07 bits per heavy atom. The van der Waals surface area contributed by atoms with Crippen LogP contribution in [0.2, 0.25) is 0 Å². The number of hydrogen-bond donors (Lipinski definition) is 1. The first-order valence-corrected chi connectivity index (χ1v) is 6.57. The maximum atomic E-state index is 9.78. The molecule has 1 heteroatoms. The van der Waals surface area contributed by atoms with Crippen molar-refractivity contribution in [2.24, 2.45) is 0 Å². The van der Waals surface area contributed by atoms with Gasteiger partial charge < -0.3 is 5.11 Å². The van der Waals surface area contributed by atoms with Crippen molar-refractivity contribution in [3.8, 4) is 0 Å². The first-order chi connectivity index (χ1) is 7.22. The van der Waals surface area contributed by atoms with E-state index in [1.165, 1.54) is 38.5 Å². The van der Waals surface area contributed by atoms with Crippen molar-refractivity contribution in [2.75, 3.05) is 0 Å². The lowest BCUT2D eigenvalue weighted by Crippen LogP contribution is -2.07. The van der Waals surface area contributed by atoms with Gasteiger partial charge in [0, 0.05) is 0 Å². The lowest BCUT2D eigenvalue weighted by Gasteiger charge is -2.10. The van der Waals surface area contributed by atoms with Crippen molar-refractivity contribution in [1.29, 1.82) is 0 Å². The van der Waals surface area contributed by atoms with Gasteiger partial charge in [-0.3, -0.25) is 0 Å². The molecule has 1 atom stereocenters. The minimum absolute atomic E-state index is 0.198. The average molecular weight is 212 g/mol. The van der Waals surface area contributed by atoms with Gasteiger partial charge in [0.15, 0.2) is 0 Å². The Hall–Kier alpha value is -0.300. The fraction of sp³-hybridized carbons (Fsp3) is 0.857. The number of allylic oxidation sites excluding steroid dienone is 1. The van der Waals surface area contributed by atoms with Gasteiger partial charge in [0.05, 0.1) is 6.10 Å². The Kier molecular flexibility index (Phi) is 10.0.